The zero-order valence-electron chi connectivity index (χ0n) is 11.3. The van der Waals surface area contributed by atoms with Crippen LogP contribution in [0.25, 0.3) is 0 Å². The van der Waals surface area contributed by atoms with Crippen LogP contribution in [0.3, 0.4) is 0 Å². The third kappa shape index (κ3) is 3.20. The van der Waals surface area contributed by atoms with Crippen molar-refractivity contribution < 1.29 is 9.84 Å². The molecule has 2 atom stereocenters. The van der Waals surface area contributed by atoms with Crippen LogP contribution in [0, 0.1) is 0 Å². The van der Waals surface area contributed by atoms with Gasteiger partial charge in [-0.2, -0.15) is 0 Å². The molecule has 0 aliphatic heterocycles. The van der Waals surface area contributed by atoms with E-state index in [4.69, 9.17) is 4.74 Å². The molecule has 0 aliphatic carbocycles. The molecule has 96 valence electrons. The van der Waals surface area contributed by atoms with E-state index >= 15 is 0 Å². The fourth-order valence-electron chi connectivity index (χ4n) is 2.08. The van der Waals surface area contributed by atoms with Crippen molar-refractivity contribution in [3.8, 4) is 5.75 Å². The molecule has 0 amide bonds. The van der Waals surface area contributed by atoms with Crippen molar-refractivity contribution in [2.24, 2.45) is 0 Å². The number of aliphatic hydroxyl groups is 1. The van der Waals surface area contributed by atoms with E-state index in [-0.39, 0.29) is 6.04 Å². The van der Waals surface area contributed by atoms with Crippen LogP contribution >= 0.6 is 0 Å². The molecular formula is C14H23NO2. The molecule has 2 unspecified atom stereocenters. The van der Waals surface area contributed by atoms with E-state index < -0.39 is 6.10 Å². The lowest BCUT2D eigenvalue weighted by Crippen LogP contribution is -2.27. The highest BCUT2D eigenvalue weighted by atomic mass is 16.5. The van der Waals surface area contributed by atoms with Crippen LogP contribution in [-0.4, -0.2) is 25.4 Å². The number of hydrogen-bond acceptors (Lipinski definition) is 3. The van der Waals surface area contributed by atoms with Crippen LogP contribution in [-0.2, 0) is 0 Å². The van der Waals surface area contributed by atoms with E-state index in [1.165, 1.54) is 5.56 Å². The molecule has 0 radical (unpaired) electrons. The zero-order chi connectivity index (χ0) is 13.0. The molecule has 2 N–H and O–H groups in total. The number of benzene rings is 1. The van der Waals surface area contributed by atoms with E-state index in [2.05, 4.69) is 25.2 Å². The maximum Gasteiger partial charge on any atom is 0.122 e. The molecule has 1 aromatic rings. The van der Waals surface area contributed by atoms with Crippen LogP contribution in [0.4, 0.5) is 0 Å². The molecule has 3 nitrogen and oxygen atoms in total. The van der Waals surface area contributed by atoms with Gasteiger partial charge in [0.1, 0.15) is 5.75 Å². The third-order valence-electron chi connectivity index (χ3n) is 3.03. The van der Waals surface area contributed by atoms with Crippen molar-refractivity contribution in [1.82, 2.24) is 5.32 Å². The predicted octanol–water partition coefficient (Wildman–Crippen LogP) is 2.46. The third-order valence-corrected chi connectivity index (χ3v) is 3.03. The highest BCUT2D eigenvalue weighted by Gasteiger charge is 2.17. The summed E-state index contributed by atoms with van der Waals surface area (Å²) >= 11 is 0. The van der Waals surface area contributed by atoms with Gasteiger partial charge in [0.15, 0.2) is 0 Å². The Bertz CT molecular complexity index is 361. The Hall–Kier alpha value is -1.06. The average molecular weight is 237 g/mol. The summed E-state index contributed by atoms with van der Waals surface area (Å²) in [6.07, 6.45) is -0.423. The summed E-state index contributed by atoms with van der Waals surface area (Å²) in [4.78, 5) is 0. The van der Waals surface area contributed by atoms with Crippen molar-refractivity contribution in [3.05, 3.63) is 29.3 Å². The summed E-state index contributed by atoms with van der Waals surface area (Å²) in [5.41, 5.74) is 2.26. The van der Waals surface area contributed by atoms with Gasteiger partial charge in [0.2, 0.25) is 0 Å². The lowest BCUT2D eigenvalue weighted by atomic mass is 9.95. The summed E-state index contributed by atoms with van der Waals surface area (Å²) in [7, 11) is 3.54. The molecule has 17 heavy (non-hydrogen) atoms. The number of nitrogens with one attached hydrogen (secondary N) is 1. The van der Waals surface area contributed by atoms with Gasteiger partial charge in [-0.05, 0) is 37.1 Å². The van der Waals surface area contributed by atoms with E-state index in [1.807, 2.05) is 19.2 Å². The molecule has 0 saturated carbocycles. The molecule has 0 spiro atoms. The monoisotopic (exact) mass is 237 g/mol. The normalized spacial score (nSPS) is 14.8. The Morgan fingerprint density at radius 1 is 1.24 bits per heavy atom. The van der Waals surface area contributed by atoms with Crippen molar-refractivity contribution in [2.75, 3.05) is 14.2 Å². The van der Waals surface area contributed by atoms with Crippen LogP contribution in [0.1, 0.15) is 43.9 Å². The number of methoxy groups -OCH3 is 1. The van der Waals surface area contributed by atoms with Gasteiger partial charge in [0.05, 0.1) is 19.3 Å². The largest absolute Gasteiger partial charge is 0.496 e. The van der Waals surface area contributed by atoms with Gasteiger partial charge >= 0.3 is 0 Å². The molecule has 0 bridgehead atoms. The molecule has 1 rings (SSSR count). The van der Waals surface area contributed by atoms with Crippen molar-refractivity contribution in [1.29, 1.82) is 0 Å². The minimum Gasteiger partial charge on any atom is -0.496 e. The second-order valence-electron chi connectivity index (χ2n) is 4.66. The first-order valence-electron chi connectivity index (χ1n) is 6.04. The lowest BCUT2D eigenvalue weighted by Gasteiger charge is -2.22. The average Bonchev–Trinajstić information content (AvgIpc) is 2.29. The highest BCUT2D eigenvalue weighted by Crippen LogP contribution is 2.30. The Morgan fingerprint density at radius 2 is 1.88 bits per heavy atom. The molecule has 1 aromatic carbocycles. The number of rotatable bonds is 5. The summed E-state index contributed by atoms with van der Waals surface area (Å²) in [5, 5.41) is 12.9. The number of hydrogen-bond donors (Lipinski definition) is 2. The predicted molar refractivity (Wildman–Crippen MR) is 70.6 cm³/mol. The van der Waals surface area contributed by atoms with Crippen LogP contribution in [0.15, 0.2) is 18.2 Å². The van der Waals surface area contributed by atoms with Crippen LogP contribution < -0.4 is 10.1 Å². The summed E-state index contributed by atoms with van der Waals surface area (Å²) in [5.74, 6) is 1.31. The van der Waals surface area contributed by atoms with E-state index in [0.717, 1.165) is 11.3 Å². The molecule has 0 aliphatic rings. The second kappa shape index (κ2) is 6.03. The lowest BCUT2D eigenvalue weighted by molar-refractivity contribution is 0.150. The molecule has 0 heterocycles. The van der Waals surface area contributed by atoms with Gasteiger partial charge in [-0.15, -0.1) is 0 Å². The molecular weight excluding hydrogens is 214 g/mol. The smallest absolute Gasteiger partial charge is 0.122 e. The summed E-state index contributed by atoms with van der Waals surface area (Å²) < 4.78 is 5.35. The van der Waals surface area contributed by atoms with Gasteiger partial charge < -0.3 is 15.2 Å². The van der Waals surface area contributed by atoms with Crippen LogP contribution in [0.2, 0.25) is 0 Å². The van der Waals surface area contributed by atoms with E-state index in [9.17, 15) is 5.11 Å². The molecule has 0 aromatic heterocycles. The Balaban J connectivity index is 3.15. The maximum atomic E-state index is 9.73. The van der Waals surface area contributed by atoms with Gasteiger partial charge in [-0.3, -0.25) is 0 Å². The Morgan fingerprint density at radius 3 is 2.29 bits per heavy atom. The first-order valence-corrected chi connectivity index (χ1v) is 6.04. The number of ether oxygens (including phenoxy) is 1. The molecule has 0 fully saturated rings. The van der Waals surface area contributed by atoms with E-state index in [0.29, 0.717) is 5.92 Å². The fraction of sp³-hybridized carbons (Fsp3) is 0.571. The standard InChI is InChI=1S/C14H23NO2/c1-9(2)12-8-11(6-7-13(12)17-5)14(15-4)10(3)16/h6-10,14-16H,1-5H3. The first-order chi connectivity index (χ1) is 8.01. The minimum atomic E-state index is -0.423. The van der Waals surface area contributed by atoms with Gasteiger partial charge in [0.25, 0.3) is 0 Å². The van der Waals surface area contributed by atoms with E-state index in [1.54, 1.807) is 14.0 Å². The van der Waals surface area contributed by atoms with Crippen LogP contribution in [0.5, 0.6) is 5.75 Å². The van der Waals surface area contributed by atoms with Crippen molar-refractivity contribution in [3.63, 3.8) is 0 Å². The zero-order valence-corrected chi connectivity index (χ0v) is 11.3. The number of likely N-dealkylation sites (N-methyl/N-ethyl adjacent to an activating group) is 1. The van der Waals surface area contributed by atoms with Gasteiger partial charge in [0, 0.05) is 0 Å². The topological polar surface area (TPSA) is 41.5 Å². The van der Waals surface area contributed by atoms with Crippen molar-refractivity contribution >= 4 is 0 Å². The molecule has 0 saturated heterocycles. The quantitative estimate of drug-likeness (QED) is 0.826. The Labute approximate surface area is 104 Å². The van der Waals surface area contributed by atoms with Gasteiger partial charge in [-0.25, -0.2) is 0 Å². The summed E-state index contributed by atoms with van der Waals surface area (Å²) in [6, 6.07) is 6.03. The highest BCUT2D eigenvalue weighted by molar-refractivity contribution is 5.40. The Kier molecular flexibility index (Phi) is 4.97. The molecule has 3 heteroatoms. The van der Waals surface area contributed by atoms with Gasteiger partial charge in [-0.1, -0.05) is 26.0 Å². The maximum absolute atomic E-state index is 9.73. The second-order valence-corrected chi connectivity index (χ2v) is 4.66. The van der Waals surface area contributed by atoms with Crippen molar-refractivity contribution in [2.45, 2.75) is 38.8 Å². The SMILES string of the molecule is CNC(c1ccc(OC)c(C(C)C)c1)C(C)O. The minimum absolute atomic E-state index is 0.0431. The number of aliphatic hydroxyl groups excluding tert-OH is 1. The first kappa shape index (κ1) is 14.0. The fourth-order valence-corrected chi connectivity index (χ4v) is 2.08. The summed E-state index contributed by atoms with van der Waals surface area (Å²) in [6.45, 7) is 6.07.